The fourth-order valence-corrected chi connectivity index (χ4v) is 3.25. The summed E-state index contributed by atoms with van der Waals surface area (Å²) in [7, 11) is 3.00. The van der Waals surface area contributed by atoms with Gasteiger partial charge in [-0.3, -0.25) is 9.59 Å². The zero-order valence-electron chi connectivity index (χ0n) is 17.2. The smallest absolute Gasteiger partial charge is 0.257 e. The van der Waals surface area contributed by atoms with Gasteiger partial charge in [-0.1, -0.05) is 54.1 Å². The molecule has 0 aliphatic rings. The van der Waals surface area contributed by atoms with Crippen molar-refractivity contribution in [2.75, 3.05) is 20.8 Å². The molecule has 0 heterocycles. The van der Waals surface area contributed by atoms with Crippen molar-refractivity contribution < 1.29 is 19.1 Å². The van der Waals surface area contributed by atoms with E-state index in [1.165, 1.54) is 14.2 Å². The van der Waals surface area contributed by atoms with Gasteiger partial charge in [-0.05, 0) is 41.5 Å². The van der Waals surface area contributed by atoms with Crippen LogP contribution < -0.4 is 20.1 Å². The van der Waals surface area contributed by atoms with E-state index in [4.69, 9.17) is 21.1 Å². The van der Waals surface area contributed by atoms with Gasteiger partial charge >= 0.3 is 0 Å². The highest BCUT2D eigenvalue weighted by Crippen LogP contribution is 2.29. The number of hydrogen-bond donors (Lipinski definition) is 2. The third-order valence-electron chi connectivity index (χ3n) is 4.65. The van der Waals surface area contributed by atoms with E-state index in [0.29, 0.717) is 22.1 Å². The summed E-state index contributed by atoms with van der Waals surface area (Å²) in [5, 5.41) is 6.14. The van der Waals surface area contributed by atoms with Gasteiger partial charge in [-0.15, -0.1) is 0 Å². The number of amides is 2. The Labute approximate surface area is 186 Å². The highest BCUT2D eigenvalue weighted by Gasteiger charge is 2.19. The van der Waals surface area contributed by atoms with Crippen LogP contribution in [0.4, 0.5) is 0 Å². The van der Waals surface area contributed by atoms with Gasteiger partial charge in [0.1, 0.15) is 0 Å². The zero-order valence-corrected chi connectivity index (χ0v) is 18.0. The van der Waals surface area contributed by atoms with Gasteiger partial charge in [-0.25, -0.2) is 0 Å². The molecule has 0 aliphatic carbocycles. The van der Waals surface area contributed by atoms with Crippen LogP contribution in [-0.4, -0.2) is 32.6 Å². The normalized spacial score (nSPS) is 11.3. The summed E-state index contributed by atoms with van der Waals surface area (Å²) < 4.78 is 10.8. The topological polar surface area (TPSA) is 76.7 Å². The third kappa shape index (κ3) is 5.77. The van der Waals surface area contributed by atoms with Gasteiger partial charge in [0.2, 0.25) is 0 Å². The van der Waals surface area contributed by atoms with E-state index in [1.54, 1.807) is 24.3 Å². The number of methoxy groups -OCH3 is 1. The fourth-order valence-electron chi connectivity index (χ4n) is 3.05. The number of ether oxygens (including phenoxy) is 2. The van der Waals surface area contributed by atoms with Crippen LogP contribution in [0.3, 0.4) is 0 Å². The van der Waals surface area contributed by atoms with E-state index in [1.807, 2.05) is 48.5 Å². The number of rotatable bonds is 8. The first-order valence-corrected chi connectivity index (χ1v) is 10.0. The monoisotopic (exact) mass is 438 g/mol. The van der Waals surface area contributed by atoms with Crippen LogP contribution in [0.15, 0.2) is 72.8 Å². The predicted molar refractivity (Wildman–Crippen MR) is 120 cm³/mol. The molecule has 1 atom stereocenters. The lowest BCUT2D eigenvalue weighted by atomic mass is 9.98. The predicted octanol–water partition coefficient (Wildman–Crippen LogP) is 3.99. The first-order valence-electron chi connectivity index (χ1n) is 9.64. The number of nitrogens with one attached hydrogen (secondary N) is 2. The first-order chi connectivity index (χ1) is 15.0. The Morgan fingerprint density at radius 1 is 0.935 bits per heavy atom. The van der Waals surface area contributed by atoms with Crippen molar-refractivity contribution in [3.63, 3.8) is 0 Å². The highest BCUT2D eigenvalue weighted by molar-refractivity contribution is 6.30. The van der Waals surface area contributed by atoms with Gasteiger partial charge in [0.05, 0.1) is 13.2 Å². The lowest BCUT2D eigenvalue weighted by Crippen LogP contribution is -2.29. The summed E-state index contributed by atoms with van der Waals surface area (Å²) in [5.41, 5.74) is 2.19. The Kier molecular flexibility index (Phi) is 7.51. The summed E-state index contributed by atoms with van der Waals surface area (Å²) in [6, 6.07) is 21.4. The maximum atomic E-state index is 13.1. The van der Waals surface area contributed by atoms with Crippen LogP contribution in [0.1, 0.15) is 27.5 Å². The molecule has 2 N–H and O–H groups in total. The molecule has 0 saturated heterocycles. The quantitative estimate of drug-likeness (QED) is 0.557. The van der Waals surface area contributed by atoms with Gasteiger partial charge in [0, 0.05) is 17.6 Å². The van der Waals surface area contributed by atoms with E-state index in [0.717, 1.165) is 11.1 Å². The van der Waals surface area contributed by atoms with Crippen molar-refractivity contribution in [2.24, 2.45) is 0 Å². The maximum Gasteiger partial charge on any atom is 0.257 e. The lowest BCUT2D eigenvalue weighted by Gasteiger charge is -2.20. The lowest BCUT2D eigenvalue weighted by molar-refractivity contribution is -0.122. The number of hydrogen-bond acceptors (Lipinski definition) is 4. The average molecular weight is 439 g/mol. The Hall–Kier alpha value is -3.51. The van der Waals surface area contributed by atoms with Crippen LogP contribution in [0.25, 0.3) is 0 Å². The molecule has 31 heavy (non-hydrogen) atoms. The van der Waals surface area contributed by atoms with Crippen molar-refractivity contribution in [1.29, 1.82) is 0 Å². The second-order valence-corrected chi connectivity index (χ2v) is 7.14. The van der Waals surface area contributed by atoms with Crippen LogP contribution in [-0.2, 0) is 4.79 Å². The molecule has 3 aromatic rings. The molecule has 160 valence electrons. The van der Waals surface area contributed by atoms with E-state index < -0.39 is 0 Å². The van der Waals surface area contributed by atoms with Crippen molar-refractivity contribution in [1.82, 2.24) is 10.6 Å². The van der Waals surface area contributed by atoms with E-state index in [-0.39, 0.29) is 24.5 Å². The molecule has 3 aromatic carbocycles. The van der Waals surface area contributed by atoms with Gasteiger partial charge in [0.25, 0.3) is 11.8 Å². The fraction of sp³-hybridized carbons (Fsp3) is 0.167. The van der Waals surface area contributed by atoms with E-state index >= 15 is 0 Å². The first kappa shape index (κ1) is 22.2. The second-order valence-electron chi connectivity index (χ2n) is 6.70. The molecule has 7 heteroatoms. The highest BCUT2D eigenvalue weighted by atomic mass is 35.5. The molecule has 0 fully saturated rings. The molecule has 0 saturated carbocycles. The van der Waals surface area contributed by atoms with Crippen molar-refractivity contribution in [3.8, 4) is 11.5 Å². The van der Waals surface area contributed by atoms with Crippen LogP contribution in [0.2, 0.25) is 5.02 Å². The Morgan fingerprint density at radius 2 is 1.68 bits per heavy atom. The minimum Gasteiger partial charge on any atom is -0.493 e. The number of carbonyl (C=O) groups excluding carboxylic acids is 2. The standard InChI is InChI=1S/C24H23ClN2O4/c1-26-22(28)15-31-20-12-11-18(14-21(20)30-2)24(29)27-23(16-7-4-3-5-8-16)17-9-6-10-19(25)13-17/h3-14,23H,15H2,1-2H3,(H,26,28)(H,27,29). The minimum atomic E-state index is -0.387. The van der Waals surface area contributed by atoms with Gasteiger partial charge < -0.3 is 20.1 Å². The summed E-state index contributed by atoms with van der Waals surface area (Å²) in [6.07, 6.45) is 0. The van der Waals surface area contributed by atoms with Crippen LogP contribution >= 0.6 is 11.6 Å². The Morgan fingerprint density at radius 3 is 2.35 bits per heavy atom. The maximum absolute atomic E-state index is 13.1. The van der Waals surface area contributed by atoms with Crippen molar-refractivity contribution in [3.05, 3.63) is 94.5 Å². The molecular weight excluding hydrogens is 416 g/mol. The molecule has 6 nitrogen and oxygen atoms in total. The number of carbonyl (C=O) groups is 2. The molecule has 3 rings (SSSR count). The van der Waals surface area contributed by atoms with Crippen molar-refractivity contribution >= 4 is 23.4 Å². The van der Waals surface area contributed by atoms with Crippen LogP contribution in [0, 0.1) is 0 Å². The average Bonchev–Trinajstić information content (AvgIpc) is 2.81. The van der Waals surface area contributed by atoms with Gasteiger partial charge in [-0.2, -0.15) is 0 Å². The zero-order chi connectivity index (χ0) is 22.2. The summed E-state index contributed by atoms with van der Waals surface area (Å²) in [4.78, 5) is 24.5. The van der Waals surface area contributed by atoms with Gasteiger partial charge in [0.15, 0.2) is 18.1 Å². The SMILES string of the molecule is CNC(=O)COc1ccc(C(=O)NC(c2ccccc2)c2cccc(Cl)c2)cc1OC. The molecule has 0 spiro atoms. The largest absolute Gasteiger partial charge is 0.493 e. The third-order valence-corrected chi connectivity index (χ3v) is 4.89. The molecule has 0 aliphatic heterocycles. The number of benzene rings is 3. The van der Waals surface area contributed by atoms with Crippen LogP contribution in [0.5, 0.6) is 11.5 Å². The minimum absolute atomic E-state index is 0.150. The molecule has 2 amide bonds. The molecule has 0 aromatic heterocycles. The summed E-state index contributed by atoms with van der Waals surface area (Å²) in [6.45, 7) is -0.150. The molecule has 1 unspecified atom stereocenters. The summed E-state index contributed by atoms with van der Waals surface area (Å²) >= 11 is 6.18. The molecular formula is C24H23ClN2O4. The summed E-state index contributed by atoms with van der Waals surface area (Å²) in [5.74, 6) is 0.175. The molecule has 0 bridgehead atoms. The Bertz CT molecular complexity index is 1060. The van der Waals surface area contributed by atoms with E-state index in [9.17, 15) is 9.59 Å². The van der Waals surface area contributed by atoms with E-state index in [2.05, 4.69) is 10.6 Å². The number of halogens is 1. The van der Waals surface area contributed by atoms with Crippen molar-refractivity contribution in [2.45, 2.75) is 6.04 Å². The second kappa shape index (κ2) is 10.5. The Balaban J connectivity index is 1.85. The molecule has 0 radical (unpaired) electrons. The number of likely N-dealkylation sites (N-methyl/N-ethyl adjacent to an activating group) is 1.